The molecule has 12 heteroatoms. The molecule has 1 aromatic carbocycles. The topological polar surface area (TPSA) is 101 Å². The maximum absolute atomic E-state index is 13.3. The van der Waals surface area contributed by atoms with Gasteiger partial charge in [0.1, 0.15) is 18.0 Å². The third kappa shape index (κ3) is 4.02. The molecule has 3 aromatic rings. The minimum atomic E-state index is -4.80. The number of nitrogens with one attached hydrogen (secondary N) is 2. The predicted octanol–water partition coefficient (Wildman–Crippen LogP) is 1.53. The summed E-state index contributed by atoms with van der Waals surface area (Å²) in [5.41, 5.74) is -1.22. The average molecular weight is 369 g/mol. The summed E-state index contributed by atoms with van der Waals surface area (Å²) in [6.45, 7) is -0.00958. The number of halogens is 4. The van der Waals surface area contributed by atoms with Crippen molar-refractivity contribution < 1.29 is 22.4 Å². The van der Waals surface area contributed by atoms with E-state index >= 15 is 0 Å². The molecule has 0 spiro atoms. The Balaban J connectivity index is 1.67. The molecule has 0 atom stereocenters. The van der Waals surface area contributed by atoms with Gasteiger partial charge in [-0.2, -0.15) is 18.3 Å². The molecule has 26 heavy (non-hydrogen) atoms. The Bertz CT molecular complexity index is 904. The van der Waals surface area contributed by atoms with Crippen LogP contribution in [0.4, 0.5) is 17.6 Å². The van der Waals surface area contributed by atoms with Crippen LogP contribution in [0.2, 0.25) is 0 Å². The number of alkyl halides is 3. The third-order valence-electron chi connectivity index (χ3n) is 3.33. The van der Waals surface area contributed by atoms with Gasteiger partial charge in [0, 0.05) is 0 Å². The number of nitrogens with zero attached hydrogens (tertiary/aromatic N) is 5. The van der Waals surface area contributed by atoms with E-state index < -0.39 is 23.5 Å². The SMILES string of the molecule is O=C(NCc1ncn[nH]1)c1cn(Cc2ccc(F)c(C(F)(F)F)c2)nn1. The maximum Gasteiger partial charge on any atom is 0.419 e. The molecule has 0 bridgehead atoms. The molecule has 0 unspecified atom stereocenters. The van der Waals surface area contributed by atoms with E-state index in [2.05, 4.69) is 30.8 Å². The van der Waals surface area contributed by atoms with Crippen molar-refractivity contribution in [2.24, 2.45) is 0 Å². The van der Waals surface area contributed by atoms with E-state index in [9.17, 15) is 22.4 Å². The minimum Gasteiger partial charge on any atom is -0.343 e. The second-order valence-electron chi connectivity index (χ2n) is 5.23. The van der Waals surface area contributed by atoms with Gasteiger partial charge in [-0.3, -0.25) is 9.89 Å². The van der Waals surface area contributed by atoms with Gasteiger partial charge in [-0.15, -0.1) is 5.10 Å². The van der Waals surface area contributed by atoms with Crippen LogP contribution in [0.1, 0.15) is 27.4 Å². The summed E-state index contributed by atoms with van der Waals surface area (Å²) in [6, 6.07) is 2.64. The molecule has 0 saturated heterocycles. The summed E-state index contributed by atoms with van der Waals surface area (Å²) in [5, 5.41) is 16.1. The number of amides is 1. The van der Waals surface area contributed by atoms with Crippen LogP contribution in [0.15, 0.2) is 30.7 Å². The van der Waals surface area contributed by atoms with Crippen LogP contribution in [0.25, 0.3) is 0 Å². The third-order valence-corrected chi connectivity index (χ3v) is 3.33. The van der Waals surface area contributed by atoms with Gasteiger partial charge in [-0.25, -0.2) is 14.1 Å². The van der Waals surface area contributed by atoms with E-state index in [4.69, 9.17) is 0 Å². The van der Waals surface area contributed by atoms with E-state index in [0.29, 0.717) is 11.9 Å². The molecule has 0 saturated carbocycles. The van der Waals surface area contributed by atoms with Gasteiger partial charge in [-0.05, 0) is 17.7 Å². The average Bonchev–Trinajstić information content (AvgIpc) is 3.25. The van der Waals surface area contributed by atoms with Crippen molar-refractivity contribution in [2.75, 3.05) is 0 Å². The zero-order valence-electron chi connectivity index (χ0n) is 13.0. The standard InChI is InChI=1S/C14H11F4N7O/c15-10-2-1-8(3-9(10)14(16,17)18)5-25-6-11(22-24-25)13(26)19-4-12-20-7-21-23-12/h1-3,6-7H,4-5H2,(H,19,26)(H,20,21,23). The molecular formula is C14H11F4N7O. The molecule has 8 nitrogen and oxygen atoms in total. The number of rotatable bonds is 5. The Kier molecular flexibility index (Phi) is 4.65. The van der Waals surface area contributed by atoms with Gasteiger partial charge in [-0.1, -0.05) is 11.3 Å². The van der Waals surface area contributed by atoms with Crippen molar-refractivity contribution in [3.8, 4) is 0 Å². The van der Waals surface area contributed by atoms with Crippen molar-refractivity contribution in [1.29, 1.82) is 0 Å². The number of aromatic nitrogens is 6. The van der Waals surface area contributed by atoms with E-state index in [0.717, 1.165) is 6.07 Å². The summed E-state index contributed by atoms with van der Waals surface area (Å²) in [6.07, 6.45) is -2.24. The molecule has 3 rings (SSSR count). The first kappa shape index (κ1) is 17.5. The second-order valence-corrected chi connectivity index (χ2v) is 5.23. The van der Waals surface area contributed by atoms with Gasteiger partial charge in [0.05, 0.1) is 24.8 Å². The number of carbonyl (C=O) groups excluding carboxylic acids is 1. The van der Waals surface area contributed by atoms with Crippen LogP contribution in [0, 0.1) is 5.82 Å². The van der Waals surface area contributed by atoms with Gasteiger partial charge >= 0.3 is 6.18 Å². The van der Waals surface area contributed by atoms with Gasteiger partial charge < -0.3 is 5.32 Å². The van der Waals surface area contributed by atoms with Crippen molar-refractivity contribution in [2.45, 2.75) is 19.3 Å². The predicted molar refractivity (Wildman–Crippen MR) is 78.1 cm³/mol. The van der Waals surface area contributed by atoms with Crippen molar-refractivity contribution >= 4 is 5.91 Å². The highest BCUT2D eigenvalue weighted by Crippen LogP contribution is 2.31. The van der Waals surface area contributed by atoms with Gasteiger partial charge in [0.25, 0.3) is 5.91 Å². The summed E-state index contributed by atoms with van der Waals surface area (Å²) < 4.78 is 52.7. The Morgan fingerprint density at radius 3 is 2.81 bits per heavy atom. The Hall–Kier alpha value is -3.31. The largest absolute Gasteiger partial charge is 0.419 e. The van der Waals surface area contributed by atoms with Crippen LogP contribution < -0.4 is 5.32 Å². The minimum absolute atomic E-state index is 0.0253. The number of hydrogen-bond acceptors (Lipinski definition) is 5. The second kappa shape index (κ2) is 6.90. The lowest BCUT2D eigenvalue weighted by Crippen LogP contribution is -2.23. The van der Waals surface area contributed by atoms with E-state index in [1.165, 1.54) is 23.3 Å². The fourth-order valence-electron chi connectivity index (χ4n) is 2.13. The van der Waals surface area contributed by atoms with Crippen LogP contribution in [-0.2, 0) is 19.3 Å². The zero-order chi connectivity index (χ0) is 18.7. The molecule has 0 aliphatic carbocycles. The highest BCUT2D eigenvalue weighted by molar-refractivity contribution is 5.91. The van der Waals surface area contributed by atoms with E-state index in [1.54, 1.807) is 0 Å². The van der Waals surface area contributed by atoms with E-state index in [-0.39, 0.29) is 24.3 Å². The first-order chi connectivity index (χ1) is 12.3. The number of aromatic amines is 1. The summed E-state index contributed by atoms with van der Waals surface area (Å²) >= 11 is 0. The fraction of sp³-hybridized carbons (Fsp3) is 0.214. The zero-order valence-corrected chi connectivity index (χ0v) is 13.0. The van der Waals surface area contributed by atoms with Crippen LogP contribution >= 0.6 is 0 Å². The molecule has 0 radical (unpaired) electrons. The Morgan fingerprint density at radius 2 is 2.12 bits per heavy atom. The molecule has 2 aromatic heterocycles. The summed E-state index contributed by atoms with van der Waals surface area (Å²) in [5.74, 6) is -1.45. The van der Waals surface area contributed by atoms with Crippen LogP contribution in [-0.4, -0.2) is 36.1 Å². The smallest absolute Gasteiger partial charge is 0.343 e. The lowest BCUT2D eigenvalue weighted by molar-refractivity contribution is -0.140. The Morgan fingerprint density at radius 1 is 1.31 bits per heavy atom. The van der Waals surface area contributed by atoms with Crippen molar-refractivity contribution in [3.63, 3.8) is 0 Å². The van der Waals surface area contributed by atoms with Crippen molar-refractivity contribution in [3.05, 3.63) is 59.2 Å². The number of hydrogen-bond donors (Lipinski definition) is 2. The van der Waals surface area contributed by atoms with Crippen LogP contribution in [0.3, 0.4) is 0 Å². The highest BCUT2D eigenvalue weighted by atomic mass is 19.4. The molecule has 0 fully saturated rings. The lowest BCUT2D eigenvalue weighted by Gasteiger charge is -2.09. The van der Waals surface area contributed by atoms with Gasteiger partial charge in [0.15, 0.2) is 5.69 Å². The molecule has 0 aliphatic heterocycles. The first-order valence-electron chi connectivity index (χ1n) is 7.21. The molecule has 1 amide bonds. The van der Waals surface area contributed by atoms with Crippen molar-refractivity contribution in [1.82, 2.24) is 35.5 Å². The maximum atomic E-state index is 13.3. The summed E-state index contributed by atoms with van der Waals surface area (Å²) in [4.78, 5) is 15.8. The fourth-order valence-corrected chi connectivity index (χ4v) is 2.13. The van der Waals surface area contributed by atoms with E-state index in [1.807, 2.05) is 0 Å². The summed E-state index contributed by atoms with van der Waals surface area (Å²) in [7, 11) is 0. The molecule has 136 valence electrons. The monoisotopic (exact) mass is 369 g/mol. The molecule has 0 aliphatic rings. The normalized spacial score (nSPS) is 11.5. The number of H-pyrrole nitrogens is 1. The number of carbonyl (C=O) groups is 1. The quantitative estimate of drug-likeness (QED) is 0.665. The molecule has 2 heterocycles. The van der Waals surface area contributed by atoms with Gasteiger partial charge in [0.2, 0.25) is 0 Å². The Labute approximate surface area is 143 Å². The molecular weight excluding hydrogens is 358 g/mol. The highest BCUT2D eigenvalue weighted by Gasteiger charge is 2.34. The molecule has 2 N–H and O–H groups in total. The number of benzene rings is 1. The van der Waals surface area contributed by atoms with Crippen LogP contribution in [0.5, 0.6) is 0 Å². The first-order valence-corrected chi connectivity index (χ1v) is 7.21. The lowest BCUT2D eigenvalue weighted by atomic mass is 10.1.